The fourth-order valence-electron chi connectivity index (χ4n) is 2.29. The third-order valence-corrected chi connectivity index (χ3v) is 4.68. The molecule has 0 unspecified atom stereocenters. The van der Waals surface area contributed by atoms with Gasteiger partial charge in [0.15, 0.2) is 0 Å². The maximum absolute atomic E-state index is 4.65. The molecular weight excluding hydrogens is 294 g/mol. The quantitative estimate of drug-likeness (QED) is 0.565. The first kappa shape index (κ1) is 16.1. The van der Waals surface area contributed by atoms with Crippen LogP contribution in [0.15, 0.2) is 54.6 Å². The number of benzene rings is 2. The summed E-state index contributed by atoms with van der Waals surface area (Å²) < 4.78 is 0. The molecule has 3 heteroatoms. The van der Waals surface area contributed by atoms with Gasteiger partial charge in [-0.25, -0.2) is 0 Å². The molecule has 0 aromatic heterocycles. The lowest BCUT2D eigenvalue weighted by molar-refractivity contribution is 0.866. The Morgan fingerprint density at radius 1 is 0.762 bits per heavy atom. The van der Waals surface area contributed by atoms with Crippen molar-refractivity contribution in [1.29, 1.82) is 0 Å². The van der Waals surface area contributed by atoms with Crippen LogP contribution in [0.2, 0.25) is 0 Å². The molecule has 0 aliphatic heterocycles. The van der Waals surface area contributed by atoms with Gasteiger partial charge in [-0.05, 0) is 37.1 Å². The SMILES string of the molecule is CCN(CC)c1ccc(C(S)=C(S)c2ccccc2)cc1. The Hall–Kier alpha value is -1.32. The standard InChI is InChI=1S/C18H21NS2/c1-3-19(4-2)16-12-10-15(11-13-16)18(21)17(20)14-8-6-5-7-9-14/h5-13,20-21H,3-4H2,1-2H3. The zero-order valence-corrected chi connectivity index (χ0v) is 14.2. The fourth-order valence-corrected chi connectivity index (χ4v) is 2.84. The van der Waals surface area contributed by atoms with Gasteiger partial charge in [-0.15, -0.1) is 25.3 Å². The van der Waals surface area contributed by atoms with Crippen LogP contribution in [0.5, 0.6) is 0 Å². The zero-order valence-electron chi connectivity index (χ0n) is 12.5. The summed E-state index contributed by atoms with van der Waals surface area (Å²) in [5.41, 5.74) is 3.41. The third kappa shape index (κ3) is 3.86. The molecule has 110 valence electrons. The molecule has 2 rings (SSSR count). The van der Waals surface area contributed by atoms with Gasteiger partial charge in [0.1, 0.15) is 0 Å². The van der Waals surface area contributed by atoms with E-state index in [0.717, 1.165) is 34.0 Å². The average molecular weight is 316 g/mol. The summed E-state index contributed by atoms with van der Waals surface area (Å²) in [6.45, 7) is 6.37. The summed E-state index contributed by atoms with van der Waals surface area (Å²) in [6, 6.07) is 18.6. The highest BCUT2D eigenvalue weighted by Crippen LogP contribution is 2.32. The molecule has 0 bridgehead atoms. The predicted molar refractivity (Wildman–Crippen MR) is 101 cm³/mol. The topological polar surface area (TPSA) is 3.24 Å². The lowest BCUT2D eigenvalue weighted by Crippen LogP contribution is -2.21. The first-order chi connectivity index (χ1) is 10.2. The van der Waals surface area contributed by atoms with Crippen LogP contribution < -0.4 is 4.90 Å². The lowest BCUT2D eigenvalue weighted by Gasteiger charge is -2.21. The summed E-state index contributed by atoms with van der Waals surface area (Å²) in [7, 11) is 0. The van der Waals surface area contributed by atoms with Crippen molar-refractivity contribution in [1.82, 2.24) is 0 Å². The van der Waals surface area contributed by atoms with Crippen molar-refractivity contribution >= 4 is 40.8 Å². The summed E-state index contributed by atoms with van der Waals surface area (Å²) in [5.74, 6) is 0. The highest BCUT2D eigenvalue weighted by molar-refractivity contribution is 7.96. The molecular formula is C18H21NS2. The van der Waals surface area contributed by atoms with Crippen molar-refractivity contribution in [3.8, 4) is 0 Å². The van der Waals surface area contributed by atoms with Gasteiger partial charge < -0.3 is 4.90 Å². The van der Waals surface area contributed by atoms with Gasteiger partial charge in [-0.3, -0.25) is 0 Å². The molecule has 2 aromatic carbocycles. The Morgan fingerprint density at radius 3 is 1.71 bits per heavy atom. The van der Waals surface area contributed by atoms with Gasteiger partial charge in [0.2, 0.25) is 0 Å². The smallest absolute Gasteiger partial charge is 0.0366 e. The van der Waals surface area contributed by atoms with Crippen LogP contribution in [-0.4, -0.2) is 13.1 Å². The van der Waals surface area contributed by atoms with Crippen LogP contribution in [0.25, 0.3) is 9.81 Å². The first-order valence-electron chi connectivity index (χ1n) is 7.20. The number of thiol groups is 2. The normalized spacial score (nSPS) is 12.0. The highest BCUT2D eigenvalue weighted by Gasteiger charge is 2.06. The van der Waals surface area contributed by atoms with Crippen LogP contribution in [0.3, 0.4) is 0 Å². The Labute approximate surface area is 138 Å². The number of anilines is 1. The maximum Gasteiger partial charge on any atom is 0.0366 e. The summed E-state index contributed by atoms with van der Waals surface area (Å²) in [6.07, 6.45) is 0. The minimum absolute atomic E-state index is 0.898. The Bertz CT molecular complexity index is 599. The Balaban J connectivity index is 2.30. The van der Waals surface area contributed by atoms with E-state index in [2.05, 4.69) is 68.3 Å². The fraction of sp³-hybridized carbons (Fsp3) is 0.222. The molecule has 0 amide bonds. The van der Waals surface area contributed by atoms with Crippen molar-refractivity contribution in [3.63, 3.8) is 0 Å². The van der Waals surface area contributed by atoms with Gasteiger partial charge in [0.25, 0.3) is 0 Å². The molecule has 0 aliphatic carbocycles. The zero-order chi connectivity index (χ0) is 15.2. The van der Waals surface area contributed by atoms with E-state index >= 15 is 0 Å². The molecule has 0 atom stereocenters. The lowest BCUT2D eigenvalue weighted by atomic mass is 10.1. The van der Waals surface area contributed by atoms with E-state index in [9.17, 15) is 0 Å². The van der Waals surface area contributed by atoms with Crippen LogP contribution in [-0.2, 0) is 0 Å². The van der Waals surface area contributed by atoms with Crippen molar-refractivity contribution < 1.29 is 0 Å². The Kier molecular flexibility index (Phi) is 5.83. The van der Waals surface area contributed by atoms with E-state index in [-0.39, 0.29) is 0 Å². The summed E-state index contributed by atoms with van der Waals surface area (Å²) in [5, 5.41) is 0. The minimum atomic E-state index is 0.898. The van der Waals surface area contributed by atoms with E-state index < -0.39 is 0 Å². The van der Waals surface area contributed by atoms with Crippen LogP contribution in [0, 0.1) is 0 Å². The van der Waals surface area contributed by atoms with Crippen molar-refractivity contribution in [2.75, 3.05) is 18.0 Å². The second-order valence-electron chi connectivity index (χ2n) is 4.78. The van der Waals surface area contributed by atoms with Gasteiger partial charge in [-0.1, -0.05) is 42.5 Å². The molecule has 0 heterocycles. The molecule has 0 saturated carbocycles. The molecule has 0 radical (unpaired) electrons. The van der Waals surface area contributed by atoms with E-state index in [0.29, 0.717) is 0 Å². The number of hydrogen-bond donors (Lipinski definition) is 2. The van der Waals surface area contributed by atoms with E-state index in [4.69, 9.17) is 0 Å². The average Bonchev–Trinajstić information content (AvgIpc) is 2.56. The van der Waals surface area contributed by atoms with Crippen molar-refractivity contribution in [2.45, 2.75) is 13.8 Å². The van der Waals surface area contributed by atoms with Crippen LogP contribution >= 0.6 is 25.3 Å². The largest absolute Gasteiger partial charge is 0.372 e. The van der Waals surface area contributed by atoms with Crippen LogP contribution in [0.4, 0.5) is 5.69 Å². The second-order valence-corrected chi connectivity index (χ2v) is 5.68. The van der Waals surface area contributed by atoms with Crippen molar-refractivity contribution in [2.24, 2.45) is 0 Å². The highest BCUT2D eigenvalue weighted by atomic mass is 32.1. The van der Waals surface area contributed by atoms with Gasteiger partial charge >= 0.3 is 0 Å². The predicted octanol–water partition coefficient (Wildman–Crippen LogP) is 5.22. The first-order valence-corrected chi connectivity index (χ1v) is 8.09. The third-order valence-electron chi connectivity index (χ3n) is 3.54. The monoisotopic (exact) mass is 315 g/mol. The number of nitrogens with zero attached hydrogens (tertiary/aromatic N) is 1. The molecule has 0 spiro atoms. The van der Waals surface area contributed by atoms with E-state index in [1.54, 1.807) is 0 Å². The maximum atomic E-state index is 4.65. The second kappa shape index (κ2) is 7.62. The molecule has 2 aromatic rings. The van der Waals surface area contributed by atoms with Gasteiger partial charge in [0, 0.05) is 28.6 Å². The minimum Gasteiger partial charge on any atom is -0.372 e. The van der Waals surface area contributed by atoms with Crippen molar-refractivity contribution in [3.05, 3.63) is 65.7 Å². The summed E-state index contributed by atoms with van der Waals surface area (Å²) in [4.78, 5) is 4.12. The summed E-state index contributed by atoms with van der Waals surface area (Å²) >= 11 is 9.27. The Morgan fingerprint density at radius 2 is 1.24 bits per heavy atom. The molecule has 0 aliphatic rings. The van der Waals surface area contributed by atoms with E-state index in [1.807, 2.05) is 30.3 Å². The molecule has 0 fully saturated rings. The molecule has 0 saturated heterocycles. The molecule has 1 nitrogen and oxygen atoms in total. The van der Waals surface area contributed by atoms with Gasteiger partial charge in [0.05, 0.1) is 0 Å². The molecule has 21 heavy (non-hydrogen) atoms. The van der Waals surface area contributed by atoms with Crippen LogP contribution in [0.1, 0.15) is 25.0 Å². The van der Waals surface area contributed by atoms with Gasteiger partial charge in [-0.2, -0.15) is 0 Å². The number of hydrogen-bond acceptors (Lipinski definition) is 3. The van der Waals surface area contributed by atoms with E-state index in [1.165, 1.54) is 5.69 Å². The molecule has 0 N–H and O–H groups in total. The number of rotatable bonds is 5.